The second-order valence-electron chi connectivity index (χ2n) is 14.7. The normalized spacial score (nSPS) is 15.3. The van der Waals surface area contributed by atoms with Gasteiger partial charge in [0, 0.05) is 84.1 Å². The minimum Gasteiger partial charge on any atom is -0.381 e. The van der Waals surface area contributed by atoms with Crippen LogP contribution in [0.2, 0.25) is 5.02 Å². The summed E-state index contributed by atoms with van der Waals surface area (Å²) in [5, 5.41) is 6.08. The SMILES string of the molecule is CN1CCc2cc(C(=O)Nc3c(F)cc(F)cc3Cl)sc2-c2ccc(F)cc21.O=Cc1ccc(NC(=O)c2cc3ccccc3nc2N2CC3(CCOCC3)C2)cc1. The van der Waals surface area contributed by atoms with Gasteiger partial charge < -0.3 is 25.2 Å². The van der Waals surface area contributed by atoms with E-state index in [0.717, 1.165) is 89.9 Å². The minimum atomic E-state index is -0.945. The van der Waals surface area contributed by atoms with Crippen molar-refractivity contribution in [1.82, 2.24) is 4.98 Å². The Labute approximate surface area is 341 Å². The van der Waals surface area contributed by atoms with Crippen LogP contribution in [-0.4, -0.2) is 63.0 Å². The number of ether oxygens (including phenoxy) is 1. The Balaban J connectivity index is 0.000000162. The Kier molecular flexibility index (Phi) is 10.9. The summed E-state index contributed by atoms with van der Waals surface area (Å²) in [5.74, 6) is -2.11. The van der Waals surface area contributed by atoms with Crippen LogP contribution in [0.5, 0.6) is 0 Å². The van der Waals surface area contributed by atoms with E-state index in [0.29, 0.717) is 40.7 Å². The van der Waals surface area contributed by atoms with Crippen molar-refractivity contribution in [1.29, 1.82) is 0 Å². The lowest BCUT2D eigenvalue weighted by molar-refractivity contribution is -0.000492. The molecule has 2 amide bonds. The number of aldehydes is 1. The maximum Gasteiger partial charge on any atom is 0.265 e. The smallest absolute Gasteiger partial charge is 0.265 e. The van der Waals surface area contributed by atoms with E-state index in [4.69, 9.17) is 21.3 Å². The van der Waals surface area contributed by atoms with E-state index in [2.05, 4.69) is 15.5 Å². The molecular formula is C44H37ClF3N5O4S. The fraction of sp³-hybridized carbons (Fsp3) is 0.227. The summed E-state index contributed by atoms with van der Waals surface area (Å²) in [5.41, 5.74) is 5.23. The standard InChI is InChI=1S/C24H23N3O3.C20H14ClF3N2OS/c28-14-17-5-7-19(8-6-17)25-23(29)20-13-18-3-1-2-4-21(18)26-22(20)27-15-24(16-27)9-11-30-12-10-24;1-26-5-4-10-6-17(28-19(10)13-3-2-11(22)9-16(13)26)20(27)25-18-14(21)7-12(23)8-15(18)24/h1-8,13-14H,9-12,15-16H2,(H,25,29);2-3,6-9H,4-5H2,1H3,(H,25,27). The number of carbonyl (C=O) groups excluding carboxylic acids is 3. The average molecular weight is 824 g/mol. The number of halogens is 4. The van der Waals surface area contributed by atoms with Gasteiger partial charge in [-0.15, -0.1) is 11.3 Å². The fourth-order valence-electron chi connectivity index (χ4n) is 7.60. The van der Waals surface area contributed by atoms with E-state index in [9.17, 15) is 27.6 Å². The molecule has 2 aromatic heterocycles. The number of likely N-dealkylation sites (N-methyl/N-ethyl adjacent to an activating group) is 1. The van der Waals surface area contributed by atoms with E-state index in [1.54, 1.807) is 36.4 Å². The summed E-state index contributed by atoms with van der Waals surface area (Å²) in [7, 11) is 1.89. The van der Waals surface area contributed by atoms with Crippen LogP contribution in [0.15, 0.2) is 91.0 Å². The Morgan fingerprint density at radius 1 is 0.897 bits per heavy atom. The van der Waals surface area contributed by atoms with E-state index >= 15 is 0 Å². The summed E-state index contributed by atoms with van der Waals surface area (Å²) < 4.78 is 46.4. The highest BCUT2D eigenvalue weighted by Crippen LogP contribution is 2.44. The van der Waals surface area contributed by atoms with Crippen molar-refractivity contribution in [3.63, 3.8) is 0 Å². The molecule has 9 rings (SSSR count). The Hall–Kier alpha value is -5.76. The number of benzene rings is 4. The Bertz CT molecular complexity index is 2530. The average Bonchev–Trinajstić information content (AvgIpc) is 3.59. The van der Waals surface area contributed by atoms with Crippen LogP contribution in [0.25, 0.3) is 21.3 Å². The van der Waals surface area contributed by atoms with Crippen LogP contribution >= 0.6 is 22.9 Å². The molecule has 0 unspecified atom stereocenters. The van der Waals surface area contributed by atoms with Gasteiger partial charge in [0.1, 0.15) is 23.7 Å². The van der Waals surface area contributed by atoms with Crippen molar-refractivity contribution in [3.05, 3.63) is 135 Å². The molecule has 0 bridgehead atoms. The lowest BCUT2D eigenvalue weighted by atomic mass is 9.73. The number of thiophene rings is 1. The number of pyridine rings is 1. The summed E-state index contributed by atoms with van der Waals surface area (Å²) >= 11 is 7.10. The molecule has 6 aromatic rings. The van der Waals surface area contributed by atoms with Crippen molar-refractivity contribution in [2.45, 2.75) is 19.3 Å². The topological polar surface area (TPSA) is 104 Å². The second kappa shape index (κ2) is 16.2. The zero-order chi connectivity index (χ0) is 40.6. The zero-order valence-corrected chi connectivity index (χ0v) is 32.9. The molecule has 2 saturated heterocycles. The summed E-state index contributed by atoms with van der Waals surface area (Å²) in [4.78, 5) is 47.0. The van der Waals surface area contributed by atoms with Gasteiger partial charge in [-0.1, -0.05) is 29.8 Å². The molecule has 3 aliphatic heterocycles. The first kappa shape index (κ1) is 39.1. The number of carbonyl (C=O) groups is 3. The molecule has 3 aliphatic rings. The van der Waals surface area contributed by atoms with Gasteiger partial charge in [-0.05, 0) is 91.6 Å². The lowest BCUT2D eigenvalue weighted by Gasteiger charge is -2.53. The van der Waals surface area contributed by atoms with E-state index < -0.39 is 17.5 Å². The van der Waals surface area contributed by atoms with Crippen LogP contribution in [-0.2, 0) is 11.2 Å². The summed E-state index contributed by atoms with van der Waals surface area (Å²) in [6, 6.07) is 24.5. The molecular weight excluding hydrogens is 787 g/mol. The van der Waals surface area contributed by atoms with Crippen LogP contribution in [0.4, 0.5) is 36.1 Å². The fourth-order valence-corrected chi connectivity index (χ4v) is 8.98. The van der Waals surface area contributed by atoms with Gasteiger partial charge in [-0.2, -0.15) is 0 Å². The van der Waals surface area contributed by atoms with Crippen LogP contribution in [0.3, 0.4) is 0 Å². The largest absolute Gasteiger partial charge is 0.381 e. The molecule has 5 heterocycles. The number of amides is 2. The van der Waals surface area contributed by atoms with Crippen molar-refractivity contribution in [2.24, 2.45) is 5.41 Å². The second-order valence-corrected chi connectivity index (χ2v) is 16.2. The number of hydrogen-bond acceptors (Lipinski definition) is 8. The third-order valence-electron chi connectivity index (χ3n) is 10.8. The maximum atomic E-state index is 14.0. The number of nitrogens with zero attached hydrogens (tertiary/aromatic N) is 3. The molecule has 14 heteroatoms. The molecule has 2 N–H and O–H groups in total. The number of hydrogen-bond donors (Lipinski definition) is 2. The predicted molar refractivity (Wildman–Crippen MR) is 222 cm³/mol. The number of fused-ring (bicyclic) bond motifs is 4. The molecule has 0 aliphatic carbocycles. The quantitative estimate of drug-likeness (QED) is 0.161. The highest BCUT2D eigenvalue weighted by atomic mass is 35.5. The van der Waals surface area contributed by atoms with Gasteiger partial charge in [-0.25, -0.2) is 18.2 Å². The predicted octanol–water partition coefficient (Wildman–Crippen LogP) is 9.65. The monoisotopic (exact) mass is 823 g/mol. The number of anilines is 4. The Morgan fingerprint density at radius 3 is 2.40 bits per heavy atom. The van der Waals surface area contributed by atoms with Gasteiger partial charge in [-0.3, -0.25) is 14.4 Å². The van der Waals surface area contributed by atoms with Crippen LogP contribution in [0.1, 0.15) is 48.8 Å². The van der Waals surface area contributed by atoms with E-state index in [1.807, 2.05) is 42.3 Å². The van der Waals surface area contributed by atoms with Gasteiger partial charge in [0.05, 0.1) is 26.7 Å². The molecule has 9 nitrogen and oxygen atoms in total. The number of nitrogens with one attached hydrogen (secondary N) is 2. The number of aromatic nitrogens is 1. The molecule has 2 fully saturated rings. The molecule has 4 aromatic carbocycles. The molecule has 58 heavy (non-hydrogen) atoms. The zero-order valence-electron chi connectivity index (χ0n) is 31.3. The van der Waals surface area contributed by atoms with Crippen molar-refractivity contribution < 1.29 is 32.3 Å². The van der Waals surface area contributed by atoms with Crippen molar-refractivity contribution in [2.75, 3.05) is 60.3 Å². The van der Waals surface area contributed by atoms with E-state index in [-0.39, 0.29) is 27.8 Å². The van der Waals surface area contributed by atoms with Crippen molar-refractivity contribution >= 4 is 74.8 Å². The Morgan fingerprint density at radius 2 is 1.66 bits per heavy atom. The van der Waals surface area contributed by atoms with Gasteiger partial charge in [0.15, 0.2) is 5.82 Å². The first-order valence-electron chi connectivity index (χ1n) is 18.7. The van der Waals surface area contributed by atoms with Crippen LogP contribution in [0, 0.1) is 22.9 Å². The minimum absolute atomic E-state index is 0.199. The number of para-hydroxylation sites is 1. The van der Waals surface area contributed by atoms with Gasteiger partial charge in [0.25, 0.3) is 11.8 Å². The summed E-state index contributed by atoms with van der Waals surface area (Å²) in [6.45, 7) is 4.08. The van der Waals surface area contributed by atoms with E-state index in [1.165, 1.54) is 23.5 Å². The third-order valence-corrected chi connectivity index (χ3v) is 12.3. The molecule has 0 atom stereocenters. The lowest BCUT2D eigenvalue weighted by Crippen LogP contribution is -2.59. The highest BCUT2D eigenvalue weighted by Gasteiger charge is 2.45. The molecule has 1 spiro atoms. The van der Waals surface area contributed by atoms with Gasteiger partial charge in [0.2, 0.25) is 0 Å². The first-order chi connectivity index (χ1) is 28.0. The molecule has 0 radical (unpaired) electrons. The maximum absolute atomic E-state index is 14.0. The van der Waals surface area contributed by atoms with Gasteiger partial charge >= 0.3 is 0 Å². The molecule has 0 saturated carbocycles. The molecule has 296 valence electrons. The number of rotatable bonds is 6. The van der Waals surface area contributed by atoms with Crippen LogP contribution < -0.4 is 20.4 Å². The first-order valence-corrected chi connectivity index (χ1v) is 19.9. The highest BCUT2D eigenvalue weighted by molar-refractivity contribution is 7.17. The van der Waals surface area contributed by atoms with Crippen molar-refractivity contribution in [3.8, 4) is 10.4 Å². The summed E-state index contributed by atoms with van der Waals surface area (Å²) in [6.07, 6.45) is 3.58. The third kappa shape index (κ3) is 8.02.